The summed E-state index contributed by atoms with van der Waals surface area (Å²) in [6.45, 7) is 3.17. The number of rotatable bonds is 1. The van der Waals surface area contributed by atoms with Crippen molar-refractivity contribution in [1.82, 2.24) is 10.3 Å². The zero-order valence-corrected chi connectivity index (χ0v) is 10.1. The first-order valence-electron chi connectivity index (χ1n) is 5.80. The molecule has 1 aromatic rings. The van der Waals surface area contributed by atoms with Gasteiger partial charge in [-0.25, -0.2) is 4.98 Å². The number of nitrogens with zero attached hydrogens (tertiary/aromatic N) is 1. The summed E-state index contributed by atoms with van der Waals surface area (Å²) in [5.74, 6) is 0.797. The Labute approximate surface area is 101 Å². The number of hydrogen-bond donors (Lipinski definition) is 1. The minimum absolute atomic E-state index is 0.589. The van der Waals surface area contributed by atoms with Crippen molar-refractivity contribution < 1.29 is 0 Å². The molecule has 2 atom stereocenters. The molecule has 3 rings (SSSR count). The predicted octanol–water partition coefficient (Wildman–Crippen LogP) is 2.81. The van der Waals surface area contributed by atoms with Crippen LogP contribution in [0.1, 0.15) is 24.0 Å². The number of aryl methyl sites for hydroxylation is 1. The van der Waals surface area contributed by atoms with E-state index < -0.39 is 0 Å². The second-order valence-electron chi connectivity index (χ2n) is 4.76. The van der Waals surface area contributed by atoms with Crippen LogP contribution in [0.2, 0.25) is 5.15 Å². The third-order valence-electron chi connectivity index (χ3n) is 3.65. The zero-order chi connectivity index (χ0) is 11.1. The molecule has 2 nitrogen and oxygen atoms in total. The van der Waals surface area contributed by atoms with Crippen molar-refractivity contribution in [2.24, 2.45) is 5.92 Å². The first kappa shape index (κ1) is 10.3. The quantitative estimate of drug-likeness (QED) is 0.756. The Balaban J connectivity index is 1.90. The van der Waals surface area contributed by atoms with Gasteiger partial charge in [0.1, 0.15) is 5.15 Å². The van der Waals surface area contributed by atoms with Crippen molar-refractivity contribution >= 4 is 17.2 Å². The van der Waals surface area contributed by atoms with Crippen LogP contribution in [0.3, 0.4) is 0 Å². The van der Waals surface area contributed by atoms with Gasteiger partial charge in [-0.1, -0.05) is 17.7 Å². The van der Waals surface area contributed by atoms with Crippen molar-refractivity contribution in [2.45, 2.75) is 25.8 Å². The van der Waals surface area contributed by atoms with Gasteiger partial charge in [0, 0.05) is 12.2 Å². The number of aromatic nitrogens is 1. The van der Waals surface area contributed by atoms with Crippen molar-refractivity contribution in [2.75, 3.05) is 6.54 Å². The molecule has 0 amide bonds. The topological polar surface area (TPSA) is 24.9 Å². The molecular formula is C13H15ClN2. The summed E-state index contributed by atoms with van der Waals surface area (Å²) in [5.41, 5.74) is 3.72. The molecule has 1 aliphatic carbocycles. The monoisotopic (exact) mass is 234 g/mol. The van der Waals surface area contributed by atoms with Crippen LogP contribution in [-0.4, -0.2) is 17.6 Å². The molecule has 3 heteroatoms. The number of allylic oxidation sites excluding steroid dienone is 1. The highest BCUT2D eigenvalue weighted by molar-refractivity contribution is 6.30. The lowest BCUT2D eigenvalue weighted by Crippen LogP contribution is -2.20. The summed E-state index contributed by atoms with van der Waals surface area (Å²) >= 11 is 5.94. The number of fused-ring (bicyclic) bond motifs is 1. The highest BCUT2D eigenvalue weighted by Crippen LogP contribution is 2.37. The molecule has 2 aliphatic rings. The van der Waals surface area contributed by atoms with Gasteiger partial charge < -0.3 is 5.32 Å². The molecular weight excluding hydrogens is 220 g/mol. The molecule has 0 radical (unpaired) electrons. The molecule has 1 fully saturated rings. The van der Waals surface area contributed by atoms with E-state index in [0.29, 0.717) is 11.2 Å². The molecule has 0 saturated carbocycles. The normalized spacial score (nSPS) is 28.0. The Morgan fingerprint density at radius 3 is 3.12 bits per heavy atom. The minimum Gasteiger partial charge on any atom is -0.310 e. The Hall–Kier alpha value is -0.860. The molecule has 1 aliphatic heterocycles. The lowest BCUT2D eigenvalue weighted by molar-refractivity contribution is 0.553. The largest absolute Gasteiger partial charge is 0.310 e. The van der Waals surface area contributed by atoms with Crippen LogP contribution in [-0.2, 0) is 0 Å². The fourth-order valence-corrected chi connectivity index (χ4v) is 2.82. The fourth-order valence-electron chi connectivity index (χ4n) is 2.72. The Morgan fingerprint density at radius 1 is 1.50 bits per heavy atom. The average Bonchev–Trinajstić information content (AvgIpc) is 2.81. The molecule has 2 heterocycles. The highest BCUT2D eigenvalue weighted by atomic mass is 35.5. The van der Waals surface area contributed by atoms with E-state index in [1.165, 1.54) is 24.0 Å². The van der Waals surface area contributed by atoms with Crippen LogP contribution in [0.15, 0.2) is 18.3 Å². The second kappa shape index (κ2) is 3.86. The van der Waals surface area contributed by atoms with Gasteiger partial charge in [0.05, 0.1) is 0 Å². The summed E-state index contributed by atoms with van der Waals surface area (Å²) in [7, 11) is 0. The molecule has 1 saturated heterocycles. The third-order valence-corrected chi connectivity index (χ3v) is 4.05. The molecule has 1 N–H and O–H groups in total. The van der Waals surface area contributed by atoms with E-state index in [1.54, 1.807) is 0 Å². The lowest BCUT2D eigenvalue weighted by Gasteiger charge is -2.07. The summed E-state index contributed by atoms with van der Waals surface area (Å²) in [6.07, 6.45) is 6.73. The van der Waals surface area contributed by atoms with Gasteiger partial charge in [-0.2, -0.15) is 0 Å². The summed E-state index contributed by atoms with van der Waals surface area (Å²) in [6, 6.07) is 2.73. The Kier molecular flexibility index (Phi) is 2.49. The summed E-state index contributed by atoms with van der Waals surface area (Å²) < 4.78 is 0. The first-order chi connectivity index (χ1) is 7.74. The van der Waals surface area contributed by atoms with Gasteiger partial charge in [-0.15, -0.1) is 0 Å². The first-order valence-corrected chi connectivity index (χ1v) is 6.18. The molecule has 0 bridgehead atoms. The highest BCUT2D eigenvalue weighted by Gasteiger charge is 2.31. The van der Waals surface area contributed by atoms with E-state index in [1.807, 2.05) is 13.1 Å². The molecule has 1 aromatic heterocycles. The smallest absolute Gasteiger partial charge is 0.131 e. The van der Waals surface area contributed by atoms with Crippen molar-refractivity contribution in [3.8, 4) is 0 Å². The Morgan fingerprint density at radius 2 is 2.38 bits per heavy atom. The van der Waals surface area contributed by atoms with Gasteiger partial charge in [0.2, 0.25) is 0 Å². The minimum atomic E-state index is 0.589. The maximum absolute atomic E-state index is 5.94. The predicted molar refractivity (Wildman–Crippen MR) is 66.5 cm³/mol. The van der Waals surface area contributed by atoms with Crippen molar-refractivity contribution in [3.05, 3.63) is 34.6 Å². The van der Waals surface area contributed by atoms with E-state index in [-0.39, 0.29) is 0 Å². The molecule has 0 aromatic carbocycles. The molecule has 84 valence electrons. The summed E-state index contributed by atoms with van der Waals surface area (Å²) in [4.78, 5) is 4.22. The fraction of sp³-hybridized carbons (Fsp3) is 0.462. The van der Waals surface area contributed by atoms with Gasteiger partial charge >= 0.3 is 0 Å². The van der Waals surface area contributed by atoms with Crippen molar-refractivity contribution in [3.63, 3.8) is 0 Å². The van der Waals surface area contributed by atoms with E-state index in [2.05, 4.69) is 22.4 Å². The average molecular weight is 235 g/mol. The number of halogens is 1. The van der Waals surface area contributed by atoms with Crippen LogP contribution in [0.5, 0.6) is 0 Å². The number of pyridine rings is 1. The van der Waals surface area contributed by atoms with Gasteiger partial charge in [-0.05, 0) is 55.0 Å². The second-order valence-corrected chi connectivity index (χ2v) is 5.11. The van der Waals surface area contributed by atoms with Crippen molar-refractivity contribution in [1.29, 1.82) is 0 Å². The standard InChI is InChI=1S/C13H15ClN2/c1-8-4-11(7-16-13(8)14)10-5-9-2-3-15-12(9)6-10/h4,6-7,9,12,15H,2-3,5H2,1H3/t9-,12+/m1/s1. The maximum Gasteiger partial charge on any atom is 0.131 e. The number of hydrogen-bond acceptors (Lipinski definition) is 2. The van der Waals surface area contributed by atoms with E-state index in [0.717, 1.165) is 18.0 Å². The molecule has 0 unspecified atom stereocenters. The van der Waals surface area contributed by atoms with Crippen LogP contribution in [0, 0.1) is 12.8 Å². The van der Waals surface area contributed by atoms with Crippen LogP contribution >= 0.6 is 11.6 Å². The van der Waals surface area contributed by atoms with Crippen LogP contribution in [0.25, 0.3) is 5.57 Å². The van der Waals surface area contributed by atoms with Gasteiger partial charge in [-0.3, -0.25) is 0 Å². The third kappa shape index (κ3) is 1.66. The van der Waals surface area contributed by atoms with E-state index >= 15 is 0 Å². The van der Waals surface area contributed by atoms with E-state index in [4.69, 9.17) is 11.6 Å². The molecule has 16 heavy (non-hydrogen) atoms. The van der Waals surface area contributed by atoms with Crippen LogP contribution in [0.4, 0.5) is 0 Å². The SMILES string of the molecule is Cc1cc(C2=C[C@@H]3NCC[C@@H]3C2)cnc1Cl. The maximum atomic E-state index is 5.94. The van der Waals surface area contributed by atoms with Crippen LogP contribution < -0.4 is 5.32 Å². The lowest BCUT2D eigenvalue weighted by atomic mass is 9.99. The molecule has 0 spiro atoms. The zero-order valence-electron chi connectivity index (χ0n) is 9.33. The van der Waals surface area contributed by atoms with Gasteiger partial charge in [0.25, 0.3) is 0 Å². The Bertz CT molecular complexity index is 453. The van der Waals surface area contributed by atoms with Gasteiger partial charge in [0.15, 0.2) is 0 Å². The van der Waals surface area contributed by atoms with E-state index in [9.17, 15) is 0 Å². The summed E-state index contributed by atoms with van der Waals surface area (Å²) in [5, 5.41) is 4.13. The number of nitrogens with one attached hydrogen (secondary N) is 1.